The highest BCUT2D eigenvalue weighted by atomic mass is 35.5. The first-order valence-corrected chi connectivity index (χ1v) is 7.64. The molecule has 1 atom stereocenters. The molecular formula is C11H17Cl2N3O2S. The molecule has 0 amide bonds. The molecule has 0 saturated carbocycles. The van der Waals surface area contributed by atoms with Crippen molar-refractivity contribution < 1.29 is 8.42 Å². The van der Waals surface area contributed by atoms with Crippen molar-refractivity contribution >= 4 is 34.0 Å². The number of piperidine rings is 1. The molecule has 2 heterocycles. The number of nitrogens with one attached hydrogen (secondary N) is 1. The topological polar surface area (TPSA) is 62.3 Å². The third-order valence-corrected chi connectivity index (χ3v) is 5.15. The van der Waals surface area contributed by atoms with Crippen molar-refractivity contribution in [1.82, 2.24) is 14.6 Å². The Morgan fingerprint density at radius 3 is 2.84 bits per heavy atom. The van der Waals surface area contributed by atoms with Crippen LogP contribution in [-0.2, 0) is 10.0 Å². The largest absolute Gasteiger partial charge is 0.316 e. The standard InChI is InChI=1S/C11H16ClN3O2S.ClH/c1-13-10-3-2-4-15(8-10)18(16,17)11-5-9(12)6-14-7-11;/h5-7,10,13H,2-4,8H2,1H3;1H. The molecule has 1 aromatic rings. The summed E-state index contributed by atoms with van der Waals surface area (Å²) in [6.07, 6.45) is 4.62. The van der Waals surface area contributed by atoms with Gasteiger partial charge in [-0.05, 0) is 26.0 Å². The fraction of sp³-hybridized carbons (Fsp3) is 0.545. The Morgan fingerprint density at radius 1 is 1.47 bits per heavy atom. The summed E-state index contributed by atoms with van der Waals surface area (Å²) >= 11 is 5.79. The van der Waals surface area contributed by atoms with E-state index >= 15 is 0 Å². The fourth-order valence-corrected chi connectivity index (χ4v) is 3.83. The minimum atomic E-state index is -3.48. The van der Waals surface area contributed by atoms with E-state index in [-0.39, 0.29) is 23.3 Å². The lowest BCUT2D eigenvalue weighted by Crippen LogP contribution is -2.46. The van der Waals surface area contributed by atoms with Crippen LogP contribution in [0.3, 0.4) is 0 Å². The van der Waals surface area contributed by atoms with Crippen LogP contribution in [0.15, 0.2) is 23.4 Å². The van der Waals surface area contributed by atoms with Gasteiger partial charge in [-0.2, -0.15) is 4.31 Å². The number of pyridine rings is 1. The molecule has 1 fully saturated rings. The summed E-state index contributed by atoms with van der Waals surface area (Å²) in [5.74, 6) is 0. The molecular weight excluding hydrogens is 309 g/mol. The Hall–Kier alpha value is -0.400. The van der Waals surface area contributed by atoms with E-state index < -0.39 is 10.0 Å². The number of hydrogen-bond acceptors (Lipinski definition) is 4. The highest BCUT2D eigenvalue weighted by molar-refractivity contribution is 7.89. The predicted molar refractivity (Wildman–Crippen MR) is 77.3 cm³/mol. The van der Waals surface area contributed by atoms with Gasteiger partial charge in [0.15, 0.2) is 0 Å². The monoisotopic (exact) mass is 325 g/mol. The zero-order valence-electron chi connectivity index (χ0n) is 10.5. The van der Waals surface area contributed by atoms with Crippen molar-refractivity contribution in [2.75, 3.05) is 20.1 Å². The lowest BCUT2D eigenvalue weighted by molar-refractivity contribution is 0.293. The van der Waals surface area contributed by atoms with E-state index in [9.17, 15) is 8.42 Å². The Morgan fingerprint density at radius 2 is 2.21 bits per heavy atom. The summed E-state index contributed by atoms with van der Waals surface area (Å²) in [5.41, 5.74) is 0. The molecule has 0 aromatic carbocycles. The zero-order valence-corrected chi connectivity index (χ0v) is 12.9. The van der Waals surface area contributed by atoms with Crippen LogP contribution < -0.4 is 5.32 Å². The molecule has 108 valence electrons. The SMILES string of the molecule is CNC1CCCN(S(=O)(=O)c2cncc(Cl)c2)C1.Cl. The molecule has 1 aliphatic rings. The lowest BCUT2D eigenvalue weighted by Gasteiger charge is -2.31. The first kappa shape index (κ1) is 16.7. The summed E-state index contributed by atoms with van der Waals surface area (Å²) in [7, 11) is -1.63. The number of aromatic nitrogens is 1. The maximum absolute atomic E-state index is 12.4. The minimum absolute atomic E-state index is 0. The summed E-state index contributed by atoms with van der Waals surface area (Å²) in [5, 5.41) is 3.45. The van der Waals surface area contributed by atoms with Crippen molar-refractivity contribution in [1.29, 1.82) is 0 Å². The maximum atomic E-state index is 12.4. The van der Waals surface area contributed by atoms with Gasteiger partial charge in [-0.1, -0.05) is 11.6 Å². The Balaban J connectivity index is 0.00000180. The molecule has 1 aromatic heterocycles. The maximum Gasteiger partial charge on any atom is 0.244 e. The van der Waals surface area contributed by atoms with E-state index in [1.165, 1.54) is 22.8 Å². The smallest absolute Gasteiger partial charge is 0.244 e. The van der Waals surface area contributed by atoms with E-state index in [1.54, 1.807) is 0 Å². The molecule has 0 spiro atoms. The van der Waals surface area contributed by atoms with Crippen LogP contribution in [-0.4, -0.2) is 43.9 Å². The number of sulfonamides is 1. The fourth-order valence-electron chi connectivity index (χ4n) is 2.08. The third kappa shape index (κ3) is 3.79. The molecule has 0 radical (unpaired) electrons. The van der Waals surface area contributed by atoms with E-state index in [2.05, 4.69) is 10.3 Å². The second-order valence-electron chi connectivity index (χ2n) is 4.33. The second kappa shape index (κ2) is 6.85. The summed E-state index contributed by atoms with van der Waals surface area (Å²) in [6.45, 7) is 1.04. The highest BCUT2D eigenvalue weighted by Crippen LogP contribution is 2.21. The predicted octanol–water partition coefficient (Wildman–Crippen LogP) is 1.53. The number of nitrogens with zero attached hydrogens (tertiary/aromatic N) is 2. The molecule has 5 nitrogen and oxygen atoms in total. The number of halogens is 2. The Labute approximate surface area is 124 Å². The summed E-state index contributed by atoms with van der Waals surface area (Å²) in [6, 6.07) is 1.65. The van der Waals surface area contributed by atoms with Gasteiger partial charge in [0, 0.05) is 31.5 Å². The molecule has 1 unspecified atom stereocenters. The molecule has 1 N–H and O–H groups in total. The van der Waals surface area contributed by atoms with E-state index in [0.29, 0.717) is 18.1 Å². The molecule has 0 bridgehead atoms. The van der Waals surface area contributed by atoms with Crippen LogP contribution in [0.2, 0.25) is 5.02 Å². The van der Waals surface area contributed by atoms with Crippen LogP contribution in [0.4, 0.5) is 0 Å². The van der Waals surface area contributed by atoms with Crippen molar-refractivity contribution in [3.8, 4) is 0 Å². The normalized spacial score (nSPS) is 20.8. The highest BCUT2D eigenvalue weighted by Gasteiger charge is 2.29. The molecule has 1 saturated heterocycles. The molecule has 8 heteroatoms. The number of likely N-dealkylation sites (N-methyl/N-ethyl adjacent to an activating group) is 1. The summed E-state index contributed by atoms with van der Waals surface area (Å²) < 4.78 is 26.3. The summed E-state index contributed by atoms with van der Waals surface area (Å²) in [4.78, 5) is 3.99. The zero-order chi connectivity index (χ0) is 13.2. The molecule has 19 heavy (non-hydrogen) atoms. The van der Waals surface area contributed by atoms with Gasteiger partial charge in [-0.15, -0.1) is 12.4 Å². The number of hydrogen-bond donors (Lipinski definition) is 1. The molecule has 0 aliphatic carbocycles. The van der Waals surface area contributed by atoms with Gasteiger partial charge in [0.2, 0.25) is 10.0 Å². The van der Waals surface area contributed by atoms with Crippen LogP contribution >= 0.6 is 24.0 Å². The van der Waals surface area contributed by atoms with E-state index in [4.69, 9.17) is 11.6 Å². The van der Waals surface area contributed by atoms with Gasteiger partial charge < -0.3 is 5.32 Å². The van der Waals surface area contributed by atoms with Crippen LogP contribution in [0, 0.1) is 0 Å². The van der Waals surface area contributed by atoms with E-state index in [0.717, 1.165) is 12.8 Å². The van der Waals surface area contributed by atoms with Gasteiger partial charge in [-0.25, -0.2) is 8.42 Å². The van der Waals surface area contributed by atoms with Crippen LogP contribution in [0.25, 0.3) is 0 Å². The van der Waals surface area contributed by atoms with Gasteiger partial charge in [0.1, 0.15) is 4.90 Å². The van der Waals surface area contributed by atoms with Gasteiger partial charge in [0.25, 0.3) is 0 Å². The average Bonchev–Trinajstić information content (AvgIpc) is 2.39. The van der Waals surface area contributed by atoms with Crippen LogP contribution in [0.1, 0.15) is 12.8 Å². The van der Waals surface area contributed by atoms with Crippen molar-refractivity contribution in [2.45, 2.75) is 23.8 Å². The van der Waals surface area contributed by atoms with Gasteiger partial charge in [-0.3, -0.25) is 4.98 Å². The Kier molecular flexibility index (Phi) is 6.01. The van der Waals surface area contributed by atoms with Crippen molar-refractivity contribution in [2.24, 2.45) is 0 Å². The molecule has 1 aliphatic heterocycles. The third-order valence-electron chi connectivity index (χ3n) is 3.11. The average molecular weight is 326 g/mol. The quantitative estimate of drug-likeness (QED) is 0.915. The van der Waals surface area contributed by atoms with Crippen LogP contribution in [0.5, 0.6) is 0 Å². The first-order chi connectivity index (χ1) is 8.54. The van der Waals surface area contributed by atoms with Crippen molar-refractivity contribution in [3.63, 3.8) is 0 Å². The lowest BCUT2D eigenvalue weighted by atomic mass is 10.1. The number of rotatable bonds is 3. The molecule has 2 rings (SSSR count). The Bertz CT molecular complexity index is 524. The van der Waals surface area contributed by atoms with Gasteiger partial charge in [0.05, 0.1) is 5.02 Å². The first-order valence-electron chi connectivity index (χ1n) is 5.82. The second-order valence-corrected chi connectivity index (χ2v) is 6.70. The van der Waals surface area contributed by atoms with Crippen molar-refractivity contribution in [3.05, 3.63) is 23.5 Å². The van der Waals surface area contributed by atoms with E-state index in [1.807, 2.05) is 7.05 Å². The van der Waals surface area contributed by atoms with Gasteiger partial charge >= 0.3 is 0 Å². The minimum Gasteiger partial charge on any atom is -0.316 e.